The fourth-order valence-corrected chi connectivity index (χ4v) is 6.33. The second kappa shape index (κ2) is 9.06. The van der Waals surface area contributed by atoms with Crippen molar-refractivity contribution in [3.8, 4) is 11.1 Å². The van der Waals surface area contributed by atoms with Crippen LogP contribution >= 0.6 is 58.2 Å². The summed E-state index contributed by atoms with van der Waals surface area (Å²) in [5.41, 5.74) is 4.68. The van der Waals surface area contributed by atoms with Crippen LogP contribution in [0.3, 0.4) is 0 Å². The summed E-state index contributed by atoms with van der Waals surface area (Å²) in [6, 6.07) is 25.4. The molecule has 0 saturated heterocycles. The Morgan fingerprint density at radius 3 is 1.29 bits per heavy atom. The molecular formula is C22H16Cl4P2. The molecule has 142 valence electrons. The summed E-state index contributed by atoms with van der Waals surface area (Å²) in [4.78, 5) is 0. The zero-order chi connectivity index (χ0) is 19.7. The van der Waals surface area contributed by atoms with Crippen molar-refractivity contribution in [1.82, 2.24) is 0 Å². The van der Waals surface area contributed by atoms with Gasteiger partial charge in [-0.3, -0.25) is 0 Å². The Bertz CT molecular complexity index is 1050. The summed E-state index contributed by atoms with van der Waals surface area (Å²) in [6.45, 7) is -2.22. The van der Waals surface area contributed by atoms with Gasteiger partial charge in [-0.15, -0.1) is 0 Å². The highest BCUT2D eigenvalue weighted by atomic mass is 35.9. The Morgan fingerprint density at radius 2 is 0.893 bits per heavy atom. The van der Waals surface area contributed by atoms with Crippen LogP contribution in [-0.2, 0) is 12.3 Å². The number of fused-ring (bicyclic) bond motifs is 2. The minimum Gasteiger partial charge on any atom is -0.0777 e. The smallest absolute Gasteiger partial charge is 0.0777 e. The molecule has 0 aliphatic carbocycles. The molecule has 0 saturated carbocycles. The summed E-state index contributed by atoms with van der Waals surface area (Å²) >= 11 is 25.0. The van der Waals surface area contributed by atoms with E-state index in [1.54, 1.807) is 0 Å². The van der Waals surface area contributed by atoms with Gasteiger partial charge < -0.3 is 0 Å². The fourth-order valence-electron chi connectivity index (χ4n) is 3.74. The summed E-state index contributed by atoms with van der Waals surface area (Å²) < 4.78 is 0. The topological polar surface area (TPSA) is 0 Å². The lowest BCUT2D eigenvalue weighted by molar-refractivity contribution is 1.39. The molecule has 4 aromatic carbocycles. The lowest BCUT2D eigenvalue weighted by Crippen LogP contribution is -1.96. The van der Waals surface area contributed by atoms with E-state index in [0.29, 0.717) is 12.3 Å². The molecule has 0 bridgehead atoms. The Hall–Kier alpha value is -0.580. The van der Waals surface area contributed by atoms with Crippen molar-refractivity contribution in [2.75, 3.05) is 0 Å². The molecule has 0 spiro atoms. The van der Waals surface area contributed by atoms with Gasteiger partial charge in [0, 0.05) is 12.3 Å². The third-order valence-corrected chi connectivity index (χ3v) is 7.45. The molecule has 28 heavy (non-hydrogen) atoms. The zero-order valence-corrected chi connectivity index (χ0v) is 19.6. The first kappa shape index (κ1) is 20.7. The van der Waals surface area contributed by atoms with Crippen molar-refractivity contribution >= 4 is 79.8 Å². The van der Waals surface area contributed by atoms with Crippen LogP contribution in [0.2, 0.25) is 0 Å². The molecule has 0 amide bonds. The van der Waals surface area contributed by atoms with E-state index in [2.05, 4.69) is 72.8 Å². The van der Waals surface area contributed by atoms with E-state index in [0.717, 1.165) is 11.1 Å². The first-order chi connectivity index (χ1) is 13.5. The summed E-state index contributed by atoms with van der Waals surface area (Å²) in [5.74, 6) is 0. The van der Waals surface area contributed by atoms with Crippen LogP contribution in [0.15, 0.2) is 72.8 Å². The maximum absolute atomic E-state index is 6.26. The molecule has 0 radical (unpaired) electrons. The molecule has 6 heteroatoms. The maximum atomic E-state index is 6.26. The van der Waals surface area contributed by atoms with E-state index in [1.807, 2.05) is 0 Å². The highest BCUT2D eigenvalue weighted by molar-refractivity contribution is 8.03. The molecule has 0 aliphatic rings. The Morgan fingerprint density at radius 1 is 0.500 bits per heavy atom. The normalized spacial score (nSPS) is 11.8. The molecule has 0 unspecified atom stereocenters. The number of halogens is 4. The predicted octanol–water partition coefficient (Wildman–Crippen LogP) is 10.2. The Balaban J connectivity index is 2.13. The van der Waals surface area contributed by atoms with Crippen molar-refractivity contribution in [3.05, 3.63) is 83.9 Å². The van der Waals surface area contributed by atoms with Gasteiger partial charge in [-0.05, 0) is 43.8 Å². The van der Waals surface area contributed by atoms with Gasteiger partial charge in [0.25, 0.3) is 0 Å². The predicted molar refractivity (Wildman–Crippen MR) is 132 cm³/mol. The molecule has 4 rings (SSSR count). The van der Waals surface area contributed by atoms with Gasteiger partial charge >= 0.3 is 0 Å². The Labute approximate surface area is 186 Å². The largest absolute Gasteiger partial charge is 0.0899 e. The van der Waals surface area contributed by atoms with Gasteiger partial charge in [0.2, 0.25) is 0 Å². The van der Waals surface area contributed by atoms with Crippen LogP contribution in [0.25, 0.3) is 32.7 Å². The lowest BCUT2D eigenvalue weighted by atomic mass is 9.88. The van der Waals surface area contributed by atoms with E-state index in [9.17, 15) is 0 Å². The van der Waals surface area contributed by atoms with Crippen LogP contribution in [0.1, 0.15) is 11.1 Å². The minimum absolute atomic E-state index is 0.637. The summed E-state index contributed by atoms with van der Waals surface area (Å²) in [7, 11) is 0. The average molecular weight is 484 g/mol. The van der Waals surface area contributed by atoms with Gasteiger partial charge in [-0.25, -0.2) is 0 Å². The molecule has 0 aliphatic heterocycles. The van der Waals surface area contributed by atoms with E-state index < -0.39 is 13.3 Å². The van der Waals surface area contributed by atoms with Crippen LogP contribution in [0, 0.1) is 0 Å². The number of rotatable bonds is 5. The molecule has 4 aromatic rings. The molecule has 0 fully saturated rings. The number of hydrogen-bond acceptors (Lipinski definition) is 0. The van der Waals surface area contributed by atoms with E-state index in [4.69, 9.17) is 45.0 Å². The molecule has 0 atom stereocenters. The van der Waals surface area contributed by atoms with Crippen LogP contribution in [-0.4, -0.2) is 0 Å². The molecule has 0 N–H and O–H groups in total. The molecule has 0 heterocycles. The van der Waals surface area contributed by atoms with Crippen LogP contribution in [0.5, 0.6) is 0 Å². The van der Waals surface area contributed by atoms with E-state index in [-0.39, 0.29) is 0 Å². The second-order valence-corrected chi connectivity index (χ2v) is 14.3. The summed E-state index contributed by atoms with van der Waals surface area (Å²) in [5, 5.41) is 4.76. The van der Waals surface area contributed by atoms with E-state index >= 15 is 0 Å². The second-order valence-electron chi connectivity index (χ2n) is 6.56. The molecular weight excluding hydrogens is 468 g/mol. The number of hydrogen-bond donors (Lipinski definition) is 0. The third kappa shape index (κ3) is 4.29. The van der Waals surface area contributed by atoms with Gasteiger partial charge in [-0.1, -0.05) is 118 Å². The van der Waals surface area contributed by atoms with Gasteiger partial charge in [0.1, 0.15) is 0 Å². The van der Waals surface area contributed by atoms with Gasteiger partial charge in [0.05, 0.1) is 13.3 Å². The highest BCUT2D eigenvalue weighted by Crippen LogP contribution is 2.54. The maximum Gasteiger partial charge on any atom is 0.0899 e. The lowest BCUT2D eigenvalue weighted by Gasteiger charge is -2.20. The fraction of sp³-hybridized carbons (Fsp3) is 0.0909. The quantitative estimate of drug-likeness (QED) is 0.247. The Kier molecular flexibility index (Phi) is 6.69. The SMILES string of the molecule is ClP(Cl)Cc1ccc2ccccc2c1-c1c(CP(Cl)Cl)ccc2ccccc12. The van der Waals surface area contributed by atoms with Crippen molar-refractivity contribution < 1.29 is 0 Å². The zero-order valence-electron chi connectivity index (χ0n) is 14.7. The van der Waals surface area contributed by atoms with E-state index in [1.165, 1.54) is 32.7 Å². The van der Waals surface area contributed by atoms with Crippen LogP contribution in [0.4, 0.5) is 0 Å². The molecule has 0 nitrogen and oxygen atoms in total. The standard InChI is InChI=1S/C22H16Cl4P2/c23-27(24)13-17-11-9-15-5-1-3-7-19(15)21(17)22-18(14-28(25)26)12-10-16-6-2-4-8-20(16)22/h1-12H,13-14H2. The monoisotopic (exact) mass is 482 g/mol. The van der Waals surface area contributed by atoms with Crippen LogP contribution < -0.4 is 0 Å². The first-order valence-electron chi connectivity index (χ1n) is 8.74. The summed E-state index contributed by atoms with van der Waals surface area (Å²) in [6.07, 6.45) is 1.27. The average Bonchev–Trinajstić information content (AvgIpc) is 2.67. The molecule has 0 aromatic heterocycles. The van der Waals surface area contributed by atoms with Crippen molar-refractivity contribution in [3.63, 3.8) is 0 Å². The number of benzene rings is 4. The van der Waals surface area contributed by atoms with Gasteiger partial charge in [-0.2, -0.15) is 0 Å². The highest BCUT2D eigenvalue weighted by Gasteiger charge is 2.19. The third-order valence-electron chi connectivity index (χ3n) is 4.86. The minimum atomic E-state index is -1.11. The van der Waals surface area contributed by atoms with Crippen molar-refractivity contribution in [1.29, 1.82) is 0 Å². The van der Waals surface area contributed by atoms with Gasteiger partial charge in [0.15, 0.2) is 0 Å². The van der Waals surface area contributed by atoms with Crippen molar-refractivity contribution in [2.45, 2.75) is 12.3 Å². The first-order valence-corrected chi connectivity index (χ1v) is 15.4. The van der Waals surface area contributed by atoms with Crippen molar-refractivity contribution in [2.24, 2.45) is 0 Å².